The van der Waals surface area contributed by atoms with Crippen LogP contribution in [-0.2, 0) is 11.2 Å². The number of aliphatic hydroxyl groups excluding tert-OH is 1. The molecule has 2 aliphatic rings. The minimum absolute atomic E-state index is 0. The SMILES string of the molecule is Cl.O=C(Cc1ccc2c(c1)OCO2)N[C@@H]1CCNC[C@H]1O. The van der Waals surface area contributed by atoms with Crippen molar-refractivity contribution in [3.05, 3.63) is 23.8 Å². The molecule has 1 aromatic carbocycles. The molecule has 1 aromatic rings. The summed E-state index contributed by atoms with van der Waals surface area (Å²) in [6.45, 7) is 1.56. The van der Waals surface area contributed by atoms with E-state index in [4.69, 9.17) is 9.47 Å². The van der Waals surface area contributed by atoms with Gasteiger partial charge in [-0.2, -0.15) is 0 Å². The fourth-order valence-corrected chi connectivity index (χ4v) is 2.50. The van der Waals surface area contributed by atoms with Gasteiger partial charge in [0, 0.05) is 6.54 Å². The van der Waals surface area contributed by atoms with E-state index in [-0.39, 0.29) is 37.6 Å². The van der Waals surface area contributed by atoms with E-state index in [1.807, 2.05) is 18.2 Å². The Hall–Kier alpha value is -1.50. The molecule has 1 saturated heterocycles. The van der Waals surface area contributed by atoms with Crippen molar-refractivity contribution in [3.63, 3.8) is 0 Å². The summed E-state index contributed by atoms with van der Waals surface area (Å²) in [5.41, 5.74) is 0.871. The molecule has 0 aromatic heterocycles. The lowest BCUT2D eigenvalue weighted by atomic mass is 10.0. The van der Waals surface area contributed by atoms with Gasteiger partial charge in [-0.05, 0) is 30.7 Å². The second-order valence-electron chi connectivity index (χ2n) is 5.10. The normalized spacial score (nSPS) is 23.3. The number of piperidine rings is 1. The van der Waals surface area contributed by atoms with Gasteiger partial charge in [-0.25, -0.2) is 0 Å². The van der Waals surface area contributed by atoms with Crippen LogP contribution in [0.3, 0.4) is 0 Å². The van der Waals surface area contributed by atoms with Crippen LogP contribution in [0.1, 0.15) is 12.0 Å². The Morgan fingerprint density at radius 1 is 1.38 bits per heavy atom. The van der Waals surface area contributed by atoms with Gasteiger partial charge < -0.3 is 25.2 Å². The first-order valence-electron chi connectivity index (χ1n) is 6.79. The molecule has 0 aliphatic carbocycles. The highest BCUT2D eigenvalue weighted by molar-refractivity contribution is 5.85. The van der Waals surface area contributed by atoms with E-state index >= 15 is 0 Å². The van der Waals surface area contributed by atoms with Gasteiger partial charge in [0.05, 0.1) is 18.6 Å². The summed E-state index contributed by atoms with van der Waals surface area (Å²) in [7, 11) is 0. The standard InChI is InChI=1S/C14H18N2O4.ClH/c17-11-7-15-4-3-10(11)16-14(18)6-9-1-2-12-13(5-9)20-8-19-12;/h1-2,5,10-11,15,17H,3-4,6-8H2,(H,16,18);1H/t10-,11-;/m1./s1. The Morgan fingerprint density at radius 2 is 2.19 bits per heavy atom. The lowest BCUT2D eigenvalue weighted by molar-refractivity contribution is -0.122. The van der Waals surface area contributed by atoms with E-state index in [1.54, 1.807) is 0 Å². The predicted molar refractivity (Wildman–Crippen MR) is 78.9 cm³/mol. The van der Waals surface area contributed by atoms with Gasteiger partial charge in [0.25, 0.3) is 0 Å². The molecular weight excluding hydrogens is 296 g/mol. The summed E-state index contributed by atoms with van der Waals surface area (Å²) < 4.78 is 10.5. The number of halogens is 1. The molecule has 0 saturated carbocycles. The van der Waals surface area contributed by atoms with Gasteiger partial charge in [-0.1, -0.05) is 6.07 Å². The summed E-state index contributed by atoms with van der Waals surface area (Å²) in [6.07, 6.45) is 0.492. The minimum Gasteiger partial charge on any atom is -0.454 e. The van der Waals surface area contributed by atoms with E-state index in [0.29, 0.717) is 18.0 Å². The van der Waals surface area contributed by atoms with Crippen LogP contribution in [0.5, 0.6) is 11.5 Å². The minimum atomic E-state index is -0.524. The number of aliphatic hydroxyl groups is 1. The first-order valence-corrected chi connectivity index (χ1v) is 6.79. The maximum Gasteiger partial charge on any atom is 0.231 e. The number of carbonyl (C=O) groups excluding carboxylic acids is 1. The molecule has 7 heteroatoms. The summed E-state index contributed by atoms with van der Waals surface area (Å²) in [4.78, 5) is 12.0. The average Bonchev–Trinajstić information content (AvgIpc) is 2.89. The Bertz CT molecular complexity index is 512. The third-order valence-electron chi connectivity index (χ3n) is 3.60. The number of benzene rings is 1. The highest BCUT2D eigenvalue weighted by Gasteiger charge is 2.24. The van der Waals surface area contributed by atoms with Crippen LogP contribution < -0.4 is 20.1 Å². The van der Waals surface area contributed by atoms with Crippen molar-refractivity contribution in [2.45, 2.75) is 25.0 Å². The molecule has 0 spiro atoms. The van der Waals surface area contributed by atoms with E-state index in [1.165, 1.54) is 0 Å². The third-order valence-corrected chi connectivity index (χ3v) is 3.60. The maximum absolute atomic E-state index is 12.0. The largest absolute Gasteiger partial charge is 0.454 e. The van der Waals surface area contributed by atoms with Crippen LogP contribution >= 0.6 is 12.4 Å². The molecule has 1 fully saturated rings. The number of hydrogen-bond acceptors (Lipinski definition) is 5. The molecule has 6 nitrogen and oxygen atoms in total. The predicted octanol–water partition coefficient (Wildman–Crippen LogP) is 0.219. The van der Waals surface area contributed by atoms with E-state index < -0.39 is 6.10 Å². The van der Waals surface area contributed by atoms with Crippen molar-refractivity contribution in [2.24, 2.45) is 0 Å². The maximum atomic E-state index is 12.0. The smallest absolute Gasteiger partial charge is 0.231 e. The van der Waals surface area contributed by atoms with Gasteiger partial charge in [-0.3, -0.25) is 4.79 Å². The lowest BCUT2D eigenvalue weighted by Crippen LogP contribution is -2.52. The van der Waals surface area contributed by atoms with Crippen molar-refractivity contribution in [1.29, 1.82) is 0 Å². The molecule has 3 rings (SSSR count). The topological polar surface area (TPSA) is 79.8 Å². The molecule has 3 N–H and O–H groups in total. The van der Waals surface area contributed by atoms with Gasteiger partial charge in [0.2, 0.25) is 12.7 Å². The van der Waals surface area contributed by atoms with Gasteiger partial charge in [0.1, 0.15) is 0 Å². The molecule has 2 atom stereocenters. The van der Waals surface area contributed by atoms with Crippen molar-refractivity contribution in [3.8, 4) is 11.5 Å². The van der Waals surface area contributed by atoms with E-state index in [0.717, 1.165) is 18.5 Å². The second-order valence-corrected chi connectivity index (χ2v) is 5.10. The highest BCUT2D eigenvalue weighted by Crippen LogP contribution is 2.32. The zero-order valence-electron chi connectivity index (χ0n) is 11.5. The van der Waals surface area contributed by atoms with Gasteiger partial charge in [-0.15, -0.1) is 12.4 Å². The highest BCUT2D eigenvalue weighted by atomic mass is 35.5. The number of carbonyl (C=O) groups is 1. The fourth-order valence-electron chi connectivity index (χ4n) is 2.50. The van der Waals surface area contributed by atoms with Crippen molar-refractivity contribution >= 4 is 18.3 Å². The molecule has 21 heavy (non-hydrogen) atoms. The van der Waals surface area contributed by atoms with Crippen LogP contribution in [0.4, 0.5) is 0 Å². The Labute approximate surface area is 129 Å². The third kappa shape index (κ3) is 3.78. The second kappa shape index (κ2) is 6.98. The molecule has 2 heterocycles. The van der Waals surface area contributed by atoms with E-state index in [2.05, 4.69) is 10.6 Å². The summed E-state index contributed by atoms with van der Waals surface area (Å²) in [5.74, 6) is 1.30. The summed E-state index contributed by atoms with van der Waals surface area (Å²) in [6, 6.07) is 5.31. The van der Waals surface area contributed by atoms with Crippen molar-refractivity contribution in [1.82, 2.24) is 10.6 Å². The van der Waals surface area contributed by atoms with Gasteiger partial charge >= 0.3 is 0 Å². The number of fused-ring (bicyclic) bond motifs is 1. The van der Waals surface area contributed by atoms with E-state index in [9.17, 15) is 9.90 Å². The van der Waals surface area contributed by atoms with Crippen molar-refractivity contribution < 1.29 is 19.4 Å². The van der Waals surface area contributed by atoms with Crippen molar-refractivity contribution in [2.75, 3.05) is 19.9 Å². The molecule has 0 unspecified atom stereocenters. The van der Waals surface area contributed by atoms with Crippen LogP contribution in [0.25, 0.3) is 0 Å². The monoisotopic (exact) mass is 314 g/mol. The zero-order valence-corrected chi connectivity index (χ0v) is 12.3. The number of ether oxygens (including phenoxy) is 2. The average molecular weight is 315 g/mol. The molecule has 116 valence electrons. The molecule has 0 radical (unpaired) electrons. The zero-order chi connectivity index (χ0) is 13.9. The van der Waals surface area contributed by atoms with Crippen LogP contribution in [0, 0.1) is 0 Å². The summed E-state index contributed by atoms with van der Waals surface area (Å²) >= 11 is 0. The number of β-amino-alcohol motifs (C(OH)–C–C–N with tert-alkyl or cyclic N) is 1. The van der Waals surface area contributed by atoms with Crippen LogP contribution in [0.15, 0.2) is 18.2 Å². The van der Waals surface area contributed by atoms with Crippen LogP contribution in [-0.4, -0.2) is 43.0 Å². The summed E-state index contributed by atoms with van der Waals surface area (Å²) in [5, 5.41) is 15.8. The molecular formula is C14H19ClN2O4. The Kier molecular flexibility index (Phi) is 5.27. The first-order chi connectivity index (χ1) is 9.72. The fraction of sp³-hybridized carbons (Fsp3) is 0.500. The number of hydrogen-bond donors (Lipinski definition) is 3. The van der Waals surface area contributed by atoms with Gasteiger partial charge in [0.15, 0.2) is 11.5 Å². The Morgan fingerprint density at radius 3 is 3.00 bits per heavy atom. The number of nitrogens with one attached hydrogen (secondary N) is 2. The molecule has 0 bridgehead atoms. The molecule has 1 amide bonds. The lowest BCUT2D eigenvalue weighted by Gasteiger charge is -2.29. The molecule has 2 aliphatic heterocycles. The first kappa shape index (κ1) is 15.9. The number of rotatable bonds is 3. The Balaban J connectivity index is 0.00000161. The quantitative estimate of drug-likeness (QED) is 0.744. The van der Waals surface area contributed by atoms with Crippen LogP contribution in [0.2, 0.25) is 0 Å². The number of amides is 1.